The molecule has 0 saturated heterocycles. The molecule has 0 bridgehead atoms. The predicted octanol–water partition coefficient (Wildman–Crippen LogP) is -0.00370. The van der Waals surface area contributed by atoms with E-state index in [1.54, 1.807) is 6.33 Å². The molecule has 0 aliphatic carbocycles. The number of nitrogens with two attached hydrogens (primary N) is 1. The Morgan fingerprint density at radius 1 is 1.64 bits per heavy atom. The number of nitrogens with zero attached hydrogens (tertiary/aromatic N) is 2. The molecule has 0 aromatic carbocycles. The van der Waals surface area contributed by atoms with E-state index in [4.69, 9.17) is 5.73 Å². The molecule has 1 aromatic rings. The second kappa shape index (κ2) is 2.33. The highest BCUT2D eigenvalue weighted by atomic mass is 127. The normalized spacial score (nSPS) is 16.9. The predicted molar refractivity (Wildman–Crippen MR) is 55.2 cm³/mol. The smallest absolute Gasteiger partial charge is 0.152 e. The van der Waals surface area contributed by atoms with Crippen LogP contribution < -0.4 is 5.73 Å². The Balaban J connectivity index is 2.79. The standard InChI is InChI=1S/C6H7IN4/c1-7-2-9-6(8)4-5(7)11-3-10-4/h2-3H,1H2,(H2,8,9)(H,10,11). The maximum absolute atomic E-state index is 5.59. The molecule has 2 heterocycles. The van der Waals surface area contributed by atoms with Gasteiger partial charge in [0.05, 0.1) is 14.2 Å². The number of aromatic amines is 1. The summed E-state index contributed by atoms with van der Waals surface area (Å²) < 4.78 is 6.97. The summed E-state index contributed by atoms with van der Waals surface area (Å²) in [6.07, 6.45) is 1.64. The first-order chi connectivity index (χ1) is 5.29. The Labute approximate surface area is 69.9 Å². The molecule has 0 spiro atoms. The Morgan fingerprint density at radius 3 is 3.18 bits per heavy atom. The molecular formula is C6H7IN4. The summed E-state index contributed by atoms with van der Waals surface area (Å²) in [5.74, 6) is 0.499. The van der Waals surface area contributed by atoms with Crippen molar-refractivity contribution in [2.75, 3.05) is 0 Å². The molecule has 1 aromatic heterocycles. The fourth-order valence-electron chi connectivity index (χ4n) is 0.864. The van der Waals surface area contributed by atoms with Gasteiger partial charge in [-0.25, -0.2) is 9.98 Å². The van der Waals surface area contributed by atoms with E-state index in [0.717, 1.165) is 9.39 Å². The first-order valence-corrected chi connectivity index (χ1v) is 6.82. The van der Waals surface area contributed by atoms with Crippen molar-refractivity contribution in [2.45, 2.75) is 0 Å². The summed E-state index contributed by atoms with van der Waals surface area (Å²) in [6.45, 7) is 0. The third kappa shape index (κ3) is 0.953. The Kier molecular flexibility index (Phi) is 1.45. The van der Waals surface area contributed by atoms with Crippen LogP contribution in [0.15, 0.2) is 11.3 Å². The largest absolute Gasteiger partial charge is 0.382 e. The van der Waals surface area contributed by atoms with E-state index < -0.39 is 18.9 Å². The van der Waals surface area contributed by atoms with Crippen molar-refractivity contribution in [2.24, 2.45) is 10.7 Å². The van der Waals surface area contributed by atoms with Crippen LogP contribution in [0.1, 0.15) is 5.69 Å². The van der Waals surface area contributed by atoms with E-state index in [1.807, 2.05) is 4.14 Å². The first kappa shape index (κ1) is 6.84. The van der Waals surface area contributed by atoms with Crippen molar-refractivity contribution in [3.05, 3.63) is 15.7 Å². The third-order valence-corrected chi connectivity index (χ3v) is 4.54. The van der Waals surface area contributed by atoms with Gasteiger partial charge in [-0.1, -0.05) is 23.4 Å². The van der Waals surface area contributed by atoms with E-state index >= 15 is 0 Å². The highest BCUT2D eigenvalue weighted by Crippen LogP contribution is 2.21. The fraction of sp³-hybridized carbons (Fsp3) is 0. The minimum absolute atomic E-state index is 0.499. The van der Waals surface area contributed by atoms with E-state index in [0.29, 0.717) is 5.84 Å². The van der Waals surface area contributed by atoms with Crippen molar-refractivity contribution in [3.8, 4) is 0 Å². The van der Waals surface area contributed by atoms with Crippen LogP contribution in [0.5, 0.6) is 0 Å². The monoisotopic (exact) mass is 262 g/mol. The molecule has 0 saturated carbocycles. The van der Waals surface area contributed by atoms with E-state index in [9.17, 15) is 0 Å². The number of hydrogen-bond acceptors (Lipinski definition) is 3. The molecule has 0 amide bonds. The van der Waals surface area contributed by atoms with E-state index in [-0.39, 0.29) is 0 Å². The van der Waals surface area contributed by atoms with Gasteiger partial charge < -0.3 is 10.7 Å². The lowest BCUT2D eigenvalue weighted by Crippen LogP contribution is -2.17. The minimum atomic E-state index is -1.41. The molecule has 4 nitrogen and oxygen atoms in total. The lowest BCUT2D eigenvalue weighted by molar-refractivity contribution is 1.29. The Bertz CT molecular complexity index is 394. The summed E-state index contributed by atoms with van der Waals surface area (Å²) in [5, 5.41) is 0. The zero-order valence-corrected chi connectivity index (χ0v) is 7.87. The van der Waals surface area contributed by atoms with Gasteiger partial charge in [-0.2, -0.15) is 0 Å². The van der Waals surface area contributed by atoms with Gasteiger partial charge in [0.1, 0.15) is 5.69 Å². The maximum Gasteiger partial charge on any atom is 0.152 e. The number of nitrogens with one attached hydrogen (secondary N) is 1. The first-order valence-electron chi connectivity index (χ1n) is 2.97. The van der Waals surface area contributed by atoms with Crippen LogP contribution in [0, 0.1) is 3.70 Å². The van der Waals surface area contributed by atoms with Crippen LogP contribution >= 0.6 is 18.9 Å². The minimum Gasteiger partial charge on any atom is -0.382 e. The van der Waals surface area contributed by atoms with Gasteiger partial charge in [-0.15, -0.1) is 0 Å². The third-order valence-electron chi connectivity index (χ3n) is 1.38. The molecule has 3 N–H and O–H groups in total. The van der Waals surface area contributed by atoms with Gasteiger partial charge in [0.2, 0.25) is 0 Å². The zero-order valence-electron chi connectivity index (χ0n) is 5.71. The summed E-state index contributed by atoms with van der Waals surface area (Å²) in [4.78, 5) is 11.1. The number of halogens is 1. The van der Waals surface area contributed by atoms with Crippen molar-refractivity contribution in [3.63, 3.8) is 0 Å². The maximum atomic E-state index is 5.59. The van der Waals surface area contributed by atoms with Gasteiger partial charge in [-0.3, -0.25) is 0 Å². The zero-order chi connectivity index (χ0) is 7.84. The molecule has 0 unspecified atom stereocenters. The molecule has 0 fully saturated rings. The van der Waals surface area contributed by atoms with Crippen LogP contribution in [0.3, 0.4) is 0 Å². The number of aromatic nitrogens is 2. The van der Waals surface area contributed by atoms with Crippen LogP contribution in [0.4, 0.5) is 0 Å². The van der Waals surface area contributed by atoms with Crippen molar-refractivity contribution < 1.29 is 0 Å². The van der Waals surface area contributed by atoms with Gasteiger partial charge in [-0.05, 0) is 0 Å². The average Bonchev–Trinajstić information content (AvgIpc) is 2.45. The van der Waals surface area contributed by atoms with Crippen molar-refractivity contribution in [1.29, 1.82) is 0 Å². The topological polar surface area (TPSA) is 67.1 Å². The number of H-pyrrole nitrogens is 1. The van der Waals surface area contributed by atoms with Crippen molar-refractivity contribution in [1.82, 2.24) is 9.97 Å². The number of hydrogen-bond donors (Lipinski definition) is 2. The van der Waals surface area contributed by atoms with Crippen LogP contribution in [0.2, 0.25) is 0 Å². The SMILES string of the molecule is C=I1=CN=C(N)c2nc[nH]c21. The highest BCUT2D eigenvalue weighted by molar-refractivity contribution is 14.2. The lowest BCUT2D eigenvalue weighted by Gasteiger charge is -2.02. The quantitative estimate of drug-likeness (QED) is 0.646. The number of imidazole rings is 1. The Hall–Kier alpha value is -0.850. The second-order valence-electron chi connectivity index (χ2n) is 2.07. The van der Waals surface area contributed by atoms with Gasteiger partial charge in [0.15, 0.2) is 5.84 Å². The second-order valence-corrected chi connectivity index (χ2v) is 5.98. The summed E-state index contributed by atoms with van der Waals surface area (Å²) in [6, 6.07) is 0. The van der Waals surface area contributed by atoms with E-state index in [1.165, 1.54) is 0 Å². The Morgan fingerprint density at radius 2 is 2.45 bits per heavy atom. The number of aliphatic imine (C=N–C) groups is 1. The molecule has 2 rings (SSSR count). The lowest BCUT2D eigenvalue weighted by atomic mass is 10.4. The van der Waals surface area contributed by atoms with Crippen molar-refractivity contribution >= 4 is 33.4 Å². The number of amidine groups is 1. The highest BCUT2D eigenvalue weighted by Gasteiger charge is 2.10. The molecule has 0 radical (unpaired) electrons. The summed E-state index contributed by atoms with van der Waals surface area (Å²) >= 11 is -1.41. The summed E-state index contributed by atoms with van der Waals surface area (Å²) in [5.41, 5.74) is 6.39. The fourth-order valence-corrected chi connectivity index (χ4v) is 3.39. The molecule has 0 atom stereocenters. The molecule has 1 aliphatic heterocycles. The van der Waals surface area contributed by atoms with Crippen LogP contribution in [0.25, 0.3) is 0 Å². The number of fused-ring (bicyclic) bond motifs is 1. The molecule has 1 aliphatic rings. The molecular weight excluding hydrogens is 255 g/mol. The van der Waals surface area contributed by atoms with E-state index in [2.05, 4.69) is 19.5 Å². The average molecular weight is 262 g/mol. The van der Waals surface area contributed by atoms with Crippen LogP contribution in [-0.4, -0.2) is 24.5 Å². The van der Waals surface area contributed by atoms with Gasteiger partial charge in [0.25, 0.3) is 0 Å². The molecule has 5 heteroatoms. The molecule has 11 heavy (non-hydrogen) atoms. The van der Waals surface area contributed by atoms with Gasteiger partial charge >= 0.3 is 0 Å². The van der Waals surface area contributed by atoms with Gasteiger partial charge in [0, 0.05) is 0 Å². The van der Waals surface area contributed by atoms with Crippen LogP contribution in [-0.2, 0) is 0 Å². The summed E-state index contributed by atoms with van der Waals surface area (Å²) in [7, 11) is 0. The number of rotatable bonds is 0. The molecule has 58 valence electrons.